The van der Waals surface area contributed by atoms with Gasteiger partial charge in [0.15, 0.2) is 0 Å². The topological polar surface area (TPSA) is 75.7 Å². The van der Waals surface area contributed by atoms with E-state index in [2.05, 4.69) is 5.32 Å². The van der Waals surface area contributed by atoms with Crippen LogP contribution in [-0.2, 0) is 22.7 Å². The average Bonchev–Trinajstić information content (AvgIpc) is 2.81. The van der Waals surface area contributed by atoms with Gasteiger partial charge in [0.2, 0.25) is 10.0 Å². The number of hydrogen-bond acceptors (Lipinski definition) is 4. The highest BCUT2D eigenvalue weighted by Crippen LogP contribution is 2.31. The summed E-state index contributed by atoms with van der Waals surface area (Å²) in [5.74, 6) is 0.410. The molecule has 0 unspecified atom stereocenters. The number of ether oxygens (including phenoxy) is 1. The number of nitrogens with zero attached hydrogens (tertiary/aromatic N) is 1. The van der Waals surface area contributed by atoms with Crippen LogP contribution >= 0.6 is 0 Å². The molecular weight excluding hydrogens is 493 g/mol. The Balaban J connectivity index is 1.59. The Labute approximate surface area is 208 Å². The molecule has 0 aliphatic heterocycles. The number of sulfonamides is 1. The van der Waals surface area contributed by atoms with Gasteiger partial charge in [-0.2, -0.15) is 13.2 Å². The lowest BCUT2D eigenvalue weighted by Gasteiger charge is -2.23. The zero-order valence-electron chi connectivity index (χ0n) is 20.1. The van der Waals surface area contributed by atoms with Crippen molar-refractivity contribution in [2.24, 2.45) is 0 Å². The number of alkyl halides is 3. The van der Waals surface area contributed by atoms with E-state index in [1.54, 1.807) is 24.3 Å². The first kappa shape index (κ1) is 27.1. The third kappa shape index (κ3) is 7.24. The van der Waals surface area contributed by atoms with Crippen molar-refractivity contribution < 1.29 is 31.1 Å². The van der Waals surface area contributed by atoms with Crippen molar-refractivity contribution in [3.8, 4) is 5.75 Å². The molecule has 192 valence electrons. The summed E-state index contributed by atoms with van der Waals surface area (Å²) in [6.45, 7) is 4.49. The molecule has 0 heterocycles. The van der Waals surface area contributed by atoms with E-state index in [4.69, 9.17) is 4.74 Å². The van der Waals surface area contributed by atoms with Crippen LogP contribution in [0.15, 0.2) is 66.7 Å². The Bertz CT molecular complexity index is 1310. The molecule has 0 saturated carbocycles. The smallest absolute Gasteiger partial charge is 0.416 e. The van der Waals surface area contributed by atoms with Gasteiger partial charge >= 0.3 is 6.18 Å². The van der Waals surface area contributed by atoms with Gasteiger partial charge in [0.25, 0.3) is 5.91 Å². The molecule has 0 bridgehead atoms. The van der Waals surface area contributed by atoms with Crippen LogP contribution in [0.3, 0.4) is 0 Å². The number of carbonyl (C=O) groups excluding carboxylic acids is 1. The van der Waals surface area contributed by atoms with Gasteiger partial charge in [-0.3, -0.25) is 9.10 Å². The second kappa shape index (κ2) is 11.0. The number of aryl methyl sites for hydroxylation is 2. The van der Waals surface area contributed by atoms with Crippen molar-refractivity contribution in [2.75, 3.05) is 23.7 Å². The molecular formula is C26H27F3N2O4S. The summed E-state index contributed by atoms with van der Waals surface area (Å²) in [4.78, 5) is 12.4. The van der Waals surface area contributed by atoms with E-state index in [0.717, 1.165) is 51.7 Å². The number of amides is 1. The Morgan fingerprint density at radius 2 is 1.58 bits per heavy atom. The fourth-order valence-corrected chi connectivity index (χ4v) is 4.27. The molecule has 1 N–H and O–H groups in total. The minimum Gasteiger partial charge on any atom is -0.492 e. The second-order valence-corrected chi connectivity index (χ2v) is 10.3. The first-order valence-electron chi connectivity index (χ1n) is 11.1. The maximum absolute atomic E-state index is 12.8. The van der Waals surface area contributed by atoms with E-state index in [-0.39, 0.29) is 18.1 Å². The van der Waals surface area contributed by atoms with Crippen molar-refractivity contribution in [1.29, 1.82) is 0 Å². The summed E-state index contributed by atoms with van der Waals surface area (Å²) in [6.07, 6.45) is -3.54. The third-order valence-corrected chi connectivity index (χ3v) is 6.70. The van der Waals surface area contributed by atoms with E-state index in [1.807, 2.05) is 32.0 Å². The highest BCUT2D eigenvalue weighted by Gasteiger charge is 2.30. The van der Waals surface area contributed by atoms with Gasteiger partial charge in [-0.25, -0.2) is 8.42 Å². The molecule has 0 aliphatic carbocycles. The van der Waals surface area contributed by atoms with Crippen molar-refractivity contribution in [3.63, 3.8) is 0 Å². The highest BCUT2D eigenvalue weighted by atomic mass is 32.2. The number of rotatable bonds is 9. The van der Waals surface area contributed by atoms with Crippen LogP contribution < -0.4 is 14.4 Å². The summed E-state index contributed by atoms with van der Waals surface area (Å²) in [5, 5.41) is 2.76. The van der Waals surface area contributed by atoms with E-state index >= 15 is 0 Å². The van der Waals surface area contributed by atoms with Crippen molar-refractivity contribution in [2.45, 2.75) is 26.6 Å². The molecule has 0 saturated heterocycles. The van der Waals surface area contributed by atoms with Crippen molar-refractivity contribution in [3.05, 3.63) is 94.5 Å². The summed E-state index contributed by atoms with van der Waals surface area (Å²) in [5.41, 5.74) is 2.47. The van der Waals surface area contributed by atoms with E-state index in [1.165, 1.54) is 0 Å². The first-order chi connectivity index (χ1) is 16.8. The Morgan fingerprint density at radius 1 is 0.944 bits per heavy atom. The molecule has 0 aliphatic rings. The number of halogens is 3. The molecule has 3 aromatic carbocycles. The van der Waals surface area contributed by atoms with Crippen molar-refractivity contribution >= 4 is 21.6 Å². The number of benzene rings is 3. The zero-order valence-corrected chi connectivity index (χ0v) is 20.9. The third-order valence-electron chi connectivity index (χ3n) is 5.56. The van der Waals surface area contributed by atoms with Gasteiger partial charge in [-0.05, 0) is 79.1 Å². The number of carbonyl (C=O) groups is 1. The quantitative estimate of drug-likeness (QED) is 0.399. The van der Waals surface area contributed by atoms with Crippen LogP contribution in [0.2, 0.25) is 0 Å². The Hall–Kier alpha value is -3.53. The highest BCUT2D eigenvalue weighted by molar-refractivity contribution is 7.92. The molecule has 0 aromatic heterocycles. The minimum absolute atomic E-state index is 0.101. The summed E-state index contributed by atoms with van der Waals surface area (Å²) in [7, 11) is -3.78. The maximum Gasteiger partial charge on any atom is 0.416 e. The van der Waals surface area contributed by atoms with Crippen LogP contribution in [0.5, 0.6) is 5.75 Å². The lowest BCUT2D eigenvalue weighted by molar-refractivity contribution is -0.137. The summed E-state index contributed by atoms with van der Waals surface area (Å²) in [6, 6.07) is 16.0. The van der Waals surface area contributed by atoms with E-state index in [0.29, 0.717) is 24.3 Å². The van der Waals surface area contributed by atoms with E-state index < -0.39 is 21.8 Å². The van der Waals surface area contributed by atoms with Gasteiger partial charge in [-0.15, -0.1) is 0 Å². The van der Waals surface area contributed by atoms with Gasteiger partial charge < -0.3 is 10.1 Å². The molecule has 10 heteroatoms. The largest absolute Gasteiger partial charge is 0.492 e. The predicted octanol–water partition coefficient (Wildman–Crippen LogP) is 5.10. The molecule has 0 spiro atoms. The monoisotopic (exact) mass is 520 g/mol. The fourth-order valence-electron chi connectivity index (χ4n) is 3.38. The number of anilines is 1. The lowest BCUT2D eigenvalue weighted by atomic mass is 10.1. The van der Waals surface area contributed by atoms with Crippen LogP contribution in [0.1, 0.15) is 32.6 Å². The average molecular weight is 521 g/mol. The molecule has 6 nitrogen and oxygen atoms in total. The van der Waals surface area contributed by atoms with Gasteiger partial charge in [0.05, 0.1) is 30.6 Å². The number of nitrogens with one attached hydrogen (secondary N) is 1. The van der Waals surface area contributed by atoms with Crippen LogP contribution in [0.4, 0.5) is 18.9 Å². The molecule has 0 atom stereocenters. The minimum atomic E-state index is -4.52. The molecule has 0 fully saturated rings. The molecule has 3 rings (SSSR count). The van der Waals surface area contributed by atoms with Crippen LogP contribution in [0, 0.1) is 13.8 Å². The van der Waals surface area contributed by atoms with Gasteiger partial charge in [0, 0.05) is 5.56 Å². The molecule has 36 heavy (non-hydrogen) atoms. The lowest BCUT2D eigenvalue weighted by Crippen LogP contribution is -2.29. The SMILES string of the molecule is Cc1ccc(OCCNC(=O)c2ccc(CN(c3ccc(C(F)(F)F)cc3)S(C)(=O)=O)cc2)cc1C. The van der Waals surface area contributed by atoms with Crippen molar-refractivity contribution in [1.82, 2.24) is 5.32 Å². The summed E-state index contributed by atoms with van der Waals surface area (Å²) < 4.78 is 69.8. The molecule has 1 amide bonds. The normalized spacial score (nSPS) is 11.7. The molecule has 3 aromatic rings. The fraction of sp³-hybridized carbons (Fsp3) is 0.269. The first-order valence-corrected chi connectivity index (χ1v) is 12.9. The Kier molecular flexibility index (Phi) is 8.29. The Morgan fingerprint density at radius 3 is 2.14 bits per heavy atom. The summed E-state index contributed by atoms with van der Waals surface area (Å²) >= 11 is 0. The second-order valence-electron chi connectivity index (χ2n) is 8.36. The van der Waals surface area contributed by atoms with Gasteiger partial charge in [-0.1, -0.05) is 18.2 Å². The molecule has 0 radical (unpaired) electrons. The van der Waals surface area contributed by atoms with E-state index in [9.17, 15) is 26.4 Å². The maximum atomic E-state index is 12.8. The number of hydrogen-bond donors (Lipinski definition) is 1. The zero-order chi connectivity index (χ0) is 26.5. The van der Waals surface area contributed by atoms with Crippen LogP contribution in [-0.4, -0.2) is 33.7 Å². The van der Waals surface area contributed by atoms with Gasteiger partial charge in [0.1, 0.15) is 12.4 Å². The standard InChI is InChI=1S/C26H27F3N2O4S/c1-18-4-13-24(16-19(18)2)35-15-14-30-25(32)21-7-5-20(6-8-21)17-31(36(3,33)34)23-11-9-22(10-12-23)26(27,28)29/h4-13,16H,14-15,17H2,1-3H3,(H,30,32). The predicted molar refractivity (Wildman–Crippen MR) is 133 cm³/mol. The van der Waals surface area contributed by atoms with Crippen LogP contribution in [0.25, 0.3) is 0 Å².